The molecule has 3 aromatic heterocycles. The van der Waals surface area contributed by atoms with Gasteiger partial charge in [-0.2, -0.15) is 0 Å². The summed E-state index contributed by atoms with van der Waals surface area (Å²) in [6.07, 6.45) is 2.53. The fourth-order valence-electron chi connectivity index (χ4n) is 4.22. The van der Waals surface area contributed by atoms with E-state index in [0.29, 0.717) is 29.0 Å². The van der Waals surface area contributed by atoms with E-state index in [0.717, 1.165) is 6.26 Å². The van der Waals surface area contributed by atoms with E-state index in [9.17, 15) is 17.6 Å². The maximum Gasteiger partial charge on any atom is 0.328 e. The Balaban J connectivity index is 1.93. The SMILES string of the molecule is CCOc1nc([C@@H](CS(C)(=O)=O)n2c(=O)[nH]c3c(C)c(-c4cccc(OC)c4F)cnc32)ccc1OC. The number of aryl methyl sites for hydroxylation is 1. The first-order valence-electron chi connectivity index (χ1n) is 11.4. The number of H-pyrrole nitrogens is 1. The number of halogens is 1. The smallest absolute Gasteiger partial charge is 0.328 e. The molecule has 0 aliphatic rings. The zero-order valence-corrected chi connectivity index (χ0v) is 21.8. The van der Waals surface area contributed by atoms with Crippen LogP contribution in [0.1, 0.15) is 24.2 Å². The van der Waals surface area contributed by atoms with Crippen molar-refractivity contribution in [1.82, 2.24) is 19.5 Å². The van der Waals surface area contributed by atoms with Crippen molar-refractivity contribution in [3.63, 3.8) is 0 Å². The van der Waals surface area contributed by atoms with Gasteiger partial charge in [0.05, 0.1) is 43.8 Å². The summed E-state index contributed by atoms with van der Waals surface area (Å²) in [5.41, 5.74) is 1.52. The lowest BCUT2D eigenvalue weighted by Crippen LogP contribution is -2.29. The second-order valence-electron chi connectivity index (χ2n) is 8.40. The standard InChI is InChI=1S/C25H27FN4O6S/c1-6-36-24-20(35-4)11-10-17(28-24)18(13-37(5,32)33)30-23-22(29-25(30)31)14(2)16(12-27-23)15-8-7-9-19(34-3)21(15)26/h7-12,18H,6,13H2,1-5H3,(H,29,31)/t18-/m1/s1. The summed E-state index contributed by atoms with van der Waals surface area (Å²) in [5, 5.41) is 0. The lowest BCUT2D eigenvalue weighted by Gasteiger charge is -2.19. The van der Waals surface area contributed by atoms with Crippen LogP contribution < -0.4 is 19.9 Å². The van der Waals surface area contributed by atoms with Gasteiger partial charge in [-0.1, -0.05) is 12.1 Å². The minimum atomic E-state index is -3.58. The van der Waals surface area contributed by atoms with E-state index >= 15 is 0 Å². The molecule has 0 aliphatic heterocycles. The molecule has 4 aromatic rings. The molecule has 4 rings (SSSR count). The number of fused-ring (bicyclic) bond motifs is 1. The number of methoxy groups -OCH3 is 2. The Morgan fingerprint density at radius 2 is 1.84 bits per heavy atom. The number of aromatic amines is 1. The molecular weight excluding hydrogens is 503 g/mol. The predicted molar refractivity (Wildman–Crippen MR) is 137 cm³/mol. The Morgan fingerprint density at radius 3 is 2.49 bits per heavy atom. The Kier molecular flexibility index (Phi) is 7.21. The van der Waals surface area contributed by atoms with Crippen LogP contribution in [0.25, 0.3) is 22.3 Å². The summed E-state index contributed by atoms with van der Waals surface area (Å²) >= 11 is 0. The molecule has 0 saturated heterocycles. The van der Waals surface area contributed by atoms with Crippen LogP contribution in [-0.2, 0) is 9.84 Å². The van der Waals surface area contributed by atoms with Gasteiger partial charge in [0.25, 0.3) is 5.88 Å². The zero-order chi connectivity index (χ0) is 26.9. The van der Waals surface area contributed by atoms with Gasteiger partial charge >= 0.3 is 5.69 Å². The molecule has 10 nitrogen and oxygen atoms in total. The van der Waals surface area contributed by atoms with Crippen molar-refractivity contribution < 1.29 is 27.0 Å². The van der Waals surface area contributed by atoms with Crippen molar-refractivity contribution in [2.75, 3.05) is 32.8 Å². The van der Waals surface area contributed by atoms with Crippen molar-refractivity contribution in [3.8, 4) is 28.5 Å². The van der Waals surface area contributed by atoms with Gasteiger partial charge in [-0.25, -0.2) is 27.6 Å². The van der Waals surface area contributed by atoms with E-state index in [2.05, 4.69) is 15.0 Å². The Morgan fingerprint density at radius 1 is 1.11 bits per heavy atom. The number of nitrogens with zero attached hydrogens (tertiary/aromatic N) is 3. The Labute approximate surface area is 213 Å². The third-order valence-corrected chi connectivity index (χ3v) is 6.85. The lowest BCUT2D eigenvalue weighted by atomic mass is 10.0. The van der Waals surface area contributed by atoms with Crippen molar-refractivity contribution in [1.29, 1.82) is 0 Å². The molecule has 196 valence electrons. The van der Waals surface area contributed by atoms with E-state index in [4.69, 9.17) is 14.2 Å². The molecular formula is C25H27FN4O6S. The molecule has 1 aromatic carbocycles. The maximum atomic E-state index is 15.0. The van der Waals surface area contributed by atoms with Gasteiger partial charge in [0.15, 0.2) is 23.0 Å². The average Bonchev–Trinajstić information content (AvgIpc) is 3.19. The molecule has 1 N–H and O–H groups in total. The van der Waals surface area contributed by atoms with E-state index in [1.54, 1.807) is 38.1 Å². The first-order valence-corrected chi connectivity index (χ1v) is 13.4. The van der Waals surface area contributed by atoms with Crippen LogP contribution in [0.4, 0.5) is 4.39 Å². The zero-order valence-electron chi connectivity index (χ0n) is 21.0. The summed E-state index contributed by atoms with van der Waals surface area (Å²) in [6, 6.07) is 6.91. The molecule has 0 spiro atoms. The van der Waals surface area contributed by atoms with Crippen LogP contribution in [0.15, 0.2) is 41.3 Å². The first-order chi connectivity index (χ1) is 17.6. The third kappa shape index (κ3) is 5.01. The van der Waals surface area contributed by atoms with E-state index in [-0.39, 0.29) is 28.5 Å². The molecule has 0 unspecified atom stereocenters. The van der Waals surface area contributed by atoms with E-state index in [1.807, 2.05) is 0 Å². The van der Waals surface area contributed by atoms with Crippen molar-refractivity contribution in [2.24, 2.45) is 0 Å². The van der Waals surface area contributed by atoms with Gasteiger partial charge in [0.1, 0.15) is 9.84 Å². The summed E-state index contributed by atoms with van der Waals surface area (Å²) in [5.74, 6) is -0.357. The predicted octanol–water partition coefficient (Wildman–Crippen LogP) is 3.28. The molecule has 0 aliphatic carbocycles. The highest BCUT2D eigenvalue weighted by atomic mass is 32.2. The number of pyridine rings is 2. The minimum Gasteiger partial charge on any atom is -0.494 e. The summed E-state index contributed by atoms with van der Waals surface area (Å²) < 4.78 is 57.0. The summed E-state index contributed by atoms with van der Waals surface area (Å²) in [6.45, 7) is 3.81. The second-order valence-corrected chi connectivity index (χ2v) is 10.6. The van der Waals surface area contributed by atoms with Crippen LogP contribution >= 0.6 is 0 Å². The largest absolute Gasteiger partial charge is 0.494 e. The number of imidazole rings is 1. The van der Waals surface area contributed by atoms with E-state index in [1.165, 1.54) is 31.0 Å². The Hall–Kier alpha value is -3.93. The fourth-order valence-corrected chi connectivity index (χ4v) is 5.12. The quantitative estimate of drug-likeness (QED) is 0.350. The van der Waals surface area contributed by atoms with Crippen LogP contribution in [0.3, 0.4) is 0 Å². The Bertz CT molecular complexity index is 1630. The molecule has 1 atom stereocenters. The maximum absolute atomic E-state index is 15.0. The van der Waals surface area contributed by atoms with Gasteiger partial charge in [-0.05, 0) is 37.6 Å². The molecule has 0 radical (unpaired) electrons. The molecule has 12 heteroatoms. The normalized spacial score (nSPS) is 12.5. The summed E-state index contributed by atoms with van der Waals surface area (Å²) in [7, 11) is -0.735. The number of aromatic nitrogens is 4. The molecule has 0 fully saturated rings. The molecule has 37 heavy (non-hydrogen) atoms. The first kappa shape index (κ1) is 26.1. The summed E-state index contributed by atoms with van der Waals surface area (Å²) in [4.78, 5) is 24.9. The topological polar surface area (TPSA) is 125 Å². The van der Waals surface area contributed by atoms with E-state index < -0.39 is 33.1 Å². The molecule has 0 saturated carbocycles. The number of ether oxygens (including phenoxy) is 3. The van der Waals surface area contributed by atoms with Crippen molar-refractivity contribution in [2.45, 2.75) is 19.9 Å². The highest BCUT2D eigenvalue weighted by molar-refractivity contribution is 7.90. The average molecular weight is 531 g/mol. The molecule has 3 heterocycles. The number of sulfone groups is 1. The second kappa shape index (κ2) is 10.2. The van der Waals surface area contributed by atoms with Crippen LogP contribution in [0.5, 0.6) is 17.4 Å². The fraction of sp³-hybridized carbons (Fsp3) is 0.320. The van der Waals surface area contributed by atoms with Gasteiger partial charge < -0.3 is 19.2 Å². The van der Waals surface area contributed by atoms with Crippen molar-refractivity contribution in [3.05, 3.63) is 64.1 Å². The van der Waals surface area contributed by atoms with Gasteiger partial charge in [-0.3, -0.25) is 4.57 Å². The highest BCUT2D eigenvalue weighted by Crippen LogP contribution is 2.34. The number of nitrogens with one attached hydrogen (secondary N) is 1. The molecule has 0 bridgehead atoms. The number of rotatable bonds is 9. The van der Waals surface area contributed by atoms with Gasteiger partial charge in [0.2, 0.25) is 0 Å². The third-order valence-electron chi connectivity index (χ3n) is 5.93. The minimum absolute atomic E-state index is 0.0759. The van der Waals surface area contributed by atoms with Crippen molar-refractivity contribution >= 4 is 21.0 Å². The lowest BCUT2D eigenvalue weighted by molar-refractivity contribution is 0.296. The van der Waals surface area contributed by atoms with Crippen LogP contribution in [0.2, 0.25) is 0 Å². The number of hydrogen-bond donors (Lipinski definition) is 1. The number of hydrogen-bond acceptors (Lipinski definition) is 8. The van der Waals surface area contributed by atoms with Crippen LogP contribution in [-0.4, -0.2) is 60.8 Å². The van der Waals surface area contributed by atoms with Gasteiger partial charge in [-0.15, -0.1) is 0 Å². The van der Waals surface area contributed by atoms with Gasteiger partial charge in [0, 0.05) is 23.6 Å². The monoisotopic (exact) mass is 530 g/mol. The number of benzene rings is 1. The molecule has 0 amide bonds. The van der Waals surface area contributed by atoms with Crippen LogP contribution in [0, 0.1) is 12.7 Å². The highest BCUT2D eigenvalue weighted by Gasteiger charge is 2.28.